The van der Waals surface area contributed by atoms with Gasteiger partial charge >= 0.3 is 5.69 Å². The first-order valence-electron chi connectivity index (χ1n) is 10.7. The van der Waals surface area contributed by atoms with E-state index in [1.807, 2.05) is 36.1 Å². The number of rotatable bonds is 5. The van der Waals surface area contributed by atoms with E-state index in [-0.39, 0.29) is 23.4 Å². The lowest BCUT2D eigenvalue weighted by atomic mass is 9.94. The number of nitro benzene ring substituents is 1. The van der Waals surface area contributed by atoms with Crippen LogP contribution in [0.15, 0.2) is 52.4 Å². The van der Waals surface area contributed by atoms with Crippen LogP contribution >= 0.6 is 11.8 Å². The van der Waals surface area contributed by atoms with Crippen LogP contribution in [0, 0.1) is 17.0 Å². The molecule has 0 atom stereocenters. The molecule has 0 radical (unpaired) electrons. The van der Waals surface area contributed by atoms with Crippen molar-refractivity contribution < 1.29 is 14.5 Å². The molecule has 2 aliphatic rings. The predicted octanol–water partition coefficient (Wildman–Crippen LogP) is 5.85. The Labute approximate surface area is 191 Å². The average molecular weight is 452 g/mol. The molecule has 4 rings (SSSR count). The first-order chi connectivity index (χ1) is 15.5. The van der Waals surface area contributed by atoms with Crippen LogP contribution in [0.3, 0.4) is 0 Å². The summed E-state index contributed by atoms with van der Waals surface area (Å²) in [4.78, 5) is 31.4. The summed E-state index contributed by atoms with van der Waals surface area (Å²) in [7, 11) is 1.40. The Morgan fingerprint density at radius 1 is 1.16 bits per heavy atom. The summed E-state index contributed by atoms with van der Waals surface area (Å²) in [5, 5.41) is 12.0. The lowest BCUT2D eigenvalue weighted by Gasteiger charge is -2.30. The molecule has 1 amide bonds. The number of thioether (sulfide) groups is 1. The molecule has 0 aromatic heterocycles. The summed E-state index contributed by atoms with van der Waals surface area (Å²) < 4.78 is 5.08. The standard InChI is InChI=1S/C24H25N3O4S/c1-16-8-11-18(12-9-16)25-24-26(19-6-4-3-5-7-19)23(28)22(32-24)15-17-10-13-21(31-2)20(14-17)27(29)30/h8-15,19H,3-7H2,1-2H3/b22-15+,25-24?. The number of amides is 1. The molecule has 1 saturated heterocycles. The van der Waals surface area contributed by atoms with Gasteiger partial charge < -0.3 is 4.74 Å². The Balaban J connectivity index is 1.71. The van der Waals surface area contributed by atoms with Crippen molar-refractivity contribution in [3.63, 3.8) is 0 Å². The minimum absolute atomic E-state index is 0.0915. The summed E-state index contributed by atoms with van der Waals surface area (Å²) in [6.45, 7) is 2.02. The summed E-state index contributed by atoms with van der Waals surface area (Å²) in [5.74, 6) is 0.0965. The second-order valence-corrected chi connectivity index (χ2v) is 9.01. The predicted molar refractivity (Wildman–Crippen MR) is 127 cm³/mol. The van der Waals surface area contributed by atoms with Gasteiger partial charge in [-0.2, -0.15) is 0 Å². The first kappa shape index (κ1) is 22.1. The molecule has 0 spiro atoms. The number of carbonyl (C=O) groups excluding carboxylic acids is 1. The molecule has 2 aromatic carbocycles. The minimum atomic E-state index is -0.483. The number of amidine groups is 1. The molecular weight excluding hydrogens is 426 g/mol. The highest BCUT2D eigenvalue weighted by Crippen LogP contribution is 2.39. The molecule has 0 bridgehead atoms. The van der Waals surface area contributed by atoms with Crippen molar-refractivity contribution in [2.75, 3.05) is 7.11 Å². The van der Waals surface area contributed by atoms with E-state index in [4.69, 9.17) is 9.73 Å². The fraction of sp³-hybridized carbons (Fsp3) is 0.333. The van der Waals surface area contributed by atoms with Crippen LogP contribution in [0.25, 0.3) is 6.08 Å². The van der Waals surface area contributed by atoms with Crippen molar-refractivity contribution in [3.05, 3.63) is 68.6 Å². The number of nitro groups is 1. The van der Waals surface area contributed by atoms with Crippen molar-refractivity contribution in [2.45, 2.75) is 45.1 Å². The van der Waals surface area contributed by atoms with Gasteiger partial charge in [-0.3, -0.25) is 19.8 Å². The van der Waals surface area contributed by atoms with E-state index in [2.05, 4.69) is 0 Å². The number of benzene rings is 2. The topological polar surface area (TPSA) is 85.0 Å². The highest BCUT2D eigenvalue weighted by molar-refractivity contribution is 8.18. The maximum absolute atomic E-state index is 13.4. The van der Waals surface area contributed by atoms with Crippen LogP contribution in [0.5, 0.6) is 5.75 Å². The van der Waals surface area contributed by atoms with Gasteiger partial charge in [0.1, 0.15) is 0 Å². The number of nitrogens with zero attached hydrogens (tertiary/aromatic N) is 3. The zero-order chi connectivity index (χ0) is 22.7. The lowest BCUT2D eigenvalue weighted by Crippen LogP contribution is -2.40. The third kappa shape index (κ3) is 4.70. The summed E-state index contributed by atoms with van der Waals surface area (Å²) in [6.07, 6.45) is 7.00. The minimum Gasteiger partial charge on any atom is -0.490 e. The zero-order valence-corrected chi connectivity index (χ0v) is 18.9. The molecule has 7 nitrogen and oxygen atoms in total. The van der Waals surface area contributed by atoms with E-state index in [9.17, 15) is 14.9 Å². The van der Waals surface area contributed by atoms with Crippen LogP contribution in [0.4, 0.5) is 11.4 Å². The number of hydrogen-bond donors (Lipinski definition) is 0. The van der Waals surface area contributed by atoms with Crippen LogP contribution in [-0.2, 0) is 4.79 Å². The van der Waals surface area contributed by atoms with E-state index in [0.717, 1.165) is 36.9 Å². The smallest absolute Gasteiger partial charge is 0.311 e. The van der Waals surface area contributed by atoms with Gasteiger partial charge in [0.25, 0.3) is 5.91 Å². The monoisotopic (exact) mass is 451 g/mol. The van der Waals surface area contributed by atoms with E-state index in [1.54, 1.807) is 18.2 Å². The van der Waals surface area contributed by atoms with Crippen LogP contribution < -0.4 is 4.74 Å². The van der Waals surface area contributed by atoms with E-state index in [0.29, 0.717) is 15.6 Å². The van der Waals surface area contributed by atoms with Gasteiger partial charge in [-0.1, -0.05) is 43.0 Å². The maximum Gasteiger partial charge on any atom is 0.311 e. The molecular formula is C24H25N3O4S. The van der Waals surface area contributed by atoms with Crippen LogP contribution in [0.2, 0.25) is 0 Å². The van der Waals surface area contributed by atoms with Crippen LogP contribution in [-0.4, -0.2) is 34.0 Å². The number of aliphatic imine (C=N–C) groups is 1. The maximum atomic E-state index is 13.4. The normalized spacial score (nSPS) is 19.7. The van der Waals surface area contributed by atoms with E-state index < -0.39 is 4.92 Å². The summed E-state index contributed by atoms with van der Waals surface area (Å²) >= 11 is 1.32. The van der Waals surface area contributed by atoms with Crippen molar-refractivity contribution in [2.24, 2.45) is 4.99 Å². The van der Waals surface area contributed by atoms with Gasteiger partial charge in [-0.25, -0.2) is 4.99 Å². The van der Waals surface area contributed by atoms with Crippen molar-refractivity contribution in [1.82, 2.24) is 4.90 Å². The second kappa shape index (κ2) is 9.56. The Morgan fingerprint density at radius 3 is 2.53 bits per heavy atom. The van der Waals surface area contributed by atoms with Crippen molar-refractivity contribution >= 4 is 40.3 Å². The average Bonchev–Trinajstić information content (AvgIpc) is 3.10. The lowest BCUT2D eigenvalue weighted by molar-refractivity contribution is -0.385. The molecule has 1 saturated carbocycles. The molecule has 32 heavy (non-hydrogen) atoms. The van der Waals surface area contributed by atoms with Gasteiger partial charge in [-0.05, 0) is 61.4 Å². The Morgan fingerprint density at radius 2 is 1.88 bits per heavy atom. The number of methoxy groups -OCH3 is 1. The number of aryl methyl sites for hydroxylation is 1. The molecule has 1 heterocycles. The van der Waals surface area contributed by atoms with Gasteiger partial charge in [0.05, 0.1) is 22.6 Å². The second-order valence-electron chi connectivity index (χ2n) is 8.00. The molecule has 0 N–H and O–H groups in total. The van der Waals surface area contributed by atoms with Gasteiger partial charge in [0, 0.05) is 12.1 Å². The number of carbonyl (C=O) groups is 1. The third-order valence-electron chi connectivity index (χ3n) is 5.73. The SMILES string of the molecule is COc1ccc(/C=C2/SC(=Nc3ccc(C)cc3)N(C3CCCCC3)C2=O)cc1[N+](=O)[O-]. The van der Waals surface area contributed by atoms with Gasteiger partial charge in [0.2, 0.25) is 0 Å². The summed E-state index contributed by atoms with van der Waals surface area (Å²) in [6, 6.07) is 12.7. The summed E-state index contributed by atoms with van der Waals surface area (Å²) in [5.41, 5.74) is 2.39. The highest BCUT2D eigenvalue weighted by atomic mass is 32.2. The molecule has 1 aliphatic carbocycles. The van der Waals surface area contributed by atoms with Crippen molar-refractivity contribution in [1.29, 1.82) is 0 Å². The first-order valence-corrected chi connectivity index (χ1v) is 11.5. The Hall–Kier alpha value is -3.13. The number of ether oxygens (including phenoxy) is 1. The number of hydrogen-bond acceptors (Lipinski definition) is 6. The molecule has 166 valence electrons. The third-order valence-corrected chi connectivity index (χ3v) is 6.72. The van der Waals surface area contributed by atoms with Gasteiger partial charge in [-0.15, -0.1) is 0 Å². The fourth-order valence-electron chi connectivity index (χ4n) is 4.05. The van der Waals surface area contributed by atoms with E-state index >= 15 is 0 Å². The van der Waals surface area contributed by atoms with Crippen LogP contribution in [0.1, 0.15) is 43.2 Å². The largest absolute Gasteiger partial charge is 0.490 e. The molecule has 8 heteroatoms. The fourth-order valence-corrected chi connectivity index (χ4v) is 5.11. The molecule has 2 fully saturated rings. The molecule has 1 aliphatic heterocycles. The van der Waals surface area contributed by atoms with E-state index in [1.165, 1.54) is 31.4 Å². The Kier molecular flexibility index (Phi) is 6.60. The quantitative estimate of drug-likeness (QED) is 0.323. The molecule has 0 unspecified atom stereocenters. The van der Waals surface area contributed by atoms with Gasteiger partial charge in [0.15, 0.2) is 10.9 Å². The van der Waals surface area contributed by atoms with Crippen molar-refractivity contribution in [3.8, 4) is 5.75 Å². The Bertz CT molecular complexity index is 1090. The highest BCUT2D eigenvalue weighted by Gasteiger charge is 2.38. The zero-order valence-electron chi connectivity index (χ0n) is 18.1. The molecule has 2 aromatic rings.